The lowest BCUT2D eigenvalue weighted by Gasteiger charge is -2.27. The van der Waals surface area contributed by atoms with Gasteiger partial charge in [-0.3, -0.25) is 4.79 Å². The number of aromatic nitrogens is 1. The number of fused-ring (bicyclic) bond motifs is 3. The summed E-state index contributed by atoms with van der Waals surface area (Å²) in [6.07, 6.45) is 5.16. The quantitative estimate of drug-likeness (QED) is 0.853. The molecule has 0 radical (unpaired) electrons. The molecule has 3 heterocycles. The first-order chi connectivity index (χ1) is 13.3. The molecule has 1 atom stereocenters. The van der Waals surface area contributed by atoms with Crippen LogP contribution in [0.25, 0.3) is 10.9 Å². The van der Waals surface area contributed by atoms with Crippen molar-refractivity contribution in [3.05, 3.63) is 35.5 Å². The standard InChI is InChI=1S/C22H32N4O/c1-2-3-11-25-12-6-13-26(15-14-25)21(27)16-20-22-18(9-10-23-20)17-7-4-5-8-19(17)24-22/h4-5,7-8,20,23-24H,2-3,6,9-16H2,1H3. The van der Waals surface area contributed by atoms with Gasteiger partial charge in [-0.1, -0.05) is 31.5 Å². The first-order valence-electron chi connectivity index (χ1n) is 10.6. The molecule has 27 heavy (non-hydrogen) atoms. The van der Waals surface area contributed by atoms with E-state index in [0.717, 1.165) is 45.6 Å². The Balaban J connectivity index is 1.42. The van der Waals surface area contributed by atoms with E-state index in [2.05, 4.69) is 51.3 Å². The summed E-state index contributed by atoms with van der Waals surface area (Å²) in [5.41, 5.74) is 3.80. The number of carbonyl (C=O) groups is 1. The molecule has 0 saturated carbocycles. The van der Waals surface area contributed by atoms with Crippen molar-refractivity contribution < 1.29 is 4.79 Å². The molecule has 1 aromatic carbocycles. The van der Waals surface area contributed by atoms with Crippen molar-refractivity contribution in [1.82, 2.24) is 20.1 Å². The molecule has 0 aliphatic carbocycles. The Bertz CT molecular complexity index is 784. The van der Waals surface area contributed by atoms with E-state index in [9.17, 15) is 4.79 Å². The van der Waals surface area contributed by atoms with Gasteiger partial charge >= 0.3 is 0 Å². The third-order valence-corrected chi connectivity index (χ3v) is 6.11. The number of rotatable bonds is 5. The zero-order valence-electron chi connectivity index (χ0n) is 16.5. The number of benzene rings is 1. The highest BCUT2D eigenvalue weighted by molar-refractivity contribution is 5.85. The number of hydrogen-bond donors (Lipinski definition) is 2. The van der Waals surface area contributed by atoms with Crippen LogP contribution in [0.5, 0.6) is 0 Å². The zero-order valence-corrected chi connectivity index (χ0v) is 16.5. The molecular weight excluding hydrogens is 336 g/mol. The van der Waals surface area contributed by atoms with E-state index in [4.69, 9.17) is 0 Å². The summed E-state index contributed by atoms with van der Waals surface area (Å²) in [6.45, 7) is 8.25. The van der Waals surface area contributed by atoms with E-state index in [1.165, 1.54) is 41.5 Å². The average molecular weight is 369 g/mol. The van der Waals surface area contributed by atoms with E-state index < -0.39 is 0 Å². The number of nitrogens with zero attached hydrogens (tertiary/aromatic N) is 2. The first kappa shape index (κ1) is 18.5. The molecular formula is C22H32N4O. The van der Waals surface area contributed by atoms with Gasteiger partial charge in [0, 0.05) is 42.7 Å². The van der Waals surface area contributed by atoms with Gasteiger partial charge < -0.3 is 20.1 Å². The highest BCUT2D eigenvalue weighted by atomic mass is 16.2. The van der Waals surface area contributed by atoms with Gasteiger partial charge in [0.05, 0.1) is 6.04 Å². The molecule has 2 aliphatic rings. The normalized spacial score (nSPS) is 21.2. The van der Waals surface area contributed by atoms with Gasteiger partial charge in [-0.15, -0.1) is 0 Å². The average Bonchev–Trinajstić information content (AvgIpc) is 2.91. The highest BCUT2D eigenvalue weighted by Gasteiger charge is 2.28. The summed E-state index contributed by atoms with van der Waals surface area (Å²) in [7, 11) is 0. The molecule has 146 valence electrons. The van der Waals surface area contributed by atoms with Gasteiger partial charge in [-0.05, 0) is 50.5 Å². The number of nitrogens with one attached hydrogen (secondary N) is 2. The van der Waals surface area contributed by atoms with Gasteiger partial charge in [0.2, 0.25) is 5.91 Å². The fourth-order valence-electron chi connectivity index (χ4n) is 4.56. The molecule has 0 bridgehead atoms. The van der Waals surface area contributed by atoms with Crippen LogP contribution in [-0.2, 0) is 11.2 Å². The number of amides is 1. The molecule has 2 N–H and O–H groups in total. The van der Waals surface area contributed by atoms with E-state index >= 15 is 0 Å². The summed E-state index contributed by atoms with van der Waals surface area (Å²) < 4.78 is 0. The maximum atomic E-state index is 13.0. The number of carbonyl (C=O) groups excluding carboxylic acids is 1. The molecule has 1 saturated heterocycles. The van der Waals surface area contributed by atoms with Gasteiger partial charge in [0.1, 0.15) is 0 Å². The van der Waals surface area contributed by atoms with Crippen LogP contribution in [0.4, 0.5) is 0 Å². The summed E-state index contributed by atoms with van der Waals surface area (Å²) in [5.74, 6) is 0.288. The summed E-state index contributed by atoms with van der Waals surface area (Å²) in [5, 5.41) is 4.88. The van der Waals surface area contributed by atoms with Crippen LogP contribution in [0.3, 0.4) is 0 Å². The minimum Gasteiger partial charge on any atom is -0.357 e. The first-order valence-corrected chi connectivity index (χ1v) is 10.6. The van der Waals surface area contributed by atoms with Gasteiger partial charge in [-0.2, -0.15) is 0 Å². The summed E-state index contributed by atoms with van der Waals surface area (Å²) >= 11 is 0. The molecule has 4 rings (SSSR count). The predicted molar refractivity (Wildman–Crippen MR) is 110 cm³/mol. The SMILES string of the molecule is CCCCN1CCCN(C(=O)CC2NCCc3c2[nH]c2ccccc32)CC1. The monoisotopic (exact) mass is 368 g/mol. The number of para-hydroxylation sites is 1. The molecule has 2 aromatic rings. The Morgan fingerprint density at radius 3 is 2.96 bits per heavy atom. The third kappa shape index (κ3) is 4.04. The smallest absolute Gasteiger partial charge is 0.224 e. The second kappa shape index (κ2) is 8.44. The third-order valence-electron chi connectivity index (χ3n) is 6.11. The van der Waals surface area contributed by atoms with E-state index in [1.807, 2.05) is 0 Å². The van der Waals surface area contributed by atoms with Crippen LogP contribution in [0.2, 0.25) is 0 Å². The van der Waals surface area contributed by atoms with Gasteiger partial charge in [0.15, 0.2) is 0 Å². The Kier molecular flexibility index (Phi) is 5.79. The second-order valence-corrected chi connectivity index (χ2v) is 7.95. The lowest BCUT2D eigenvalue weighted by Crippen LogP contribution is -2.39. The van der Waals surface area contributed by atoms with Crippen LogP contribution in [-0.4, -0.2) is 60.0 Å². The lowest BCUT2D eigenvalue weighted by molar-refractivity contribution is -0.131. The zero-order chi connectivity index (χ0) is 18.6. The molecule has 5 nitrogen and oxygen atoms in total. The number of H-pyrrole nitrogens is 1. The minimum atomic E-state index is 0.105. The van der Waals surface area contributed by atoms with Crippen LogP contribution in [0.15, 0.2) is 24.3 Å². The Morgan fingerprint density at radius 2 is 2.07 bits per heavy atom. The van der Waals surface area contributed by atoms with Crippen molar-refractivity contribution in [2.24, 2.45) is 0 Å². The Hall–Kier alpha value is -1.85. The van der Waals surface area contributed by atoms with Crippen molar-refractivity contribution >= 4 is 16.8 Å². The van der Waals surface area contributed by atoms with Crippen LogP contribution < -0.4 is 5.32 Å². The Labute approximate surface area is 162 Å². The molecule has 1 unspecified atom stereocenters. The van der Waals surface area contributed by atoms with Crippen molar-refractivity contribution in [2.45, 2.75) is 45.1 Å². The topological polar surface area (TPSA) is 51.4 Å². The molecule has 0 spiro atoms. The van der Waals surface area contributed by atoms with Crippen molar-refractivity contribution in [1.29, 1.82) is 0 Å². The molecule has 1 aromatic heterocycles. The Morgan fingerprint density at radius 1 is 1.19 bits per heavy atom. The largest absolute Gasteiger partial charge is 0.357 e. The van der Waals surface area contributed by atoms with Crippen LogP contribution in [0, 0.1) is 0 Å². The highest BCUT2D eigenvalue weighted by Crippen LogP contribution is 2.31. The molecule has 5 heteroatoms. The van der Waals surface area contributed by atoms with E-state index in [1.54, 1.807) is 0 Å². The number of unbranched alkanes of at least 4 members (excludes halogenated alkanes) is 1. The maximum Gasteiger partial charge on any atom is 0.224 e. The summed E-state index contributed by atoms with van der Waals surface area (Å²) in [4.78, 5) is 21.2. The van der Waals surface area contributed by atoms with Gasteiger partial charge in [0.25, 0.3) is 0 Å². The maximum absolute atomic E-state index is 13.0. The van der Waals surface area contributed by atoms with E-state index in [0.29, 0.717) is 6.42 Å². The van der Waals surface area contributed by atoms with Crippen molar-refractivity contribution in [3.63, 3.8) is 0 Å². The molecule has 1 fully saturated rings. The predicted octanol–water partition coefficient (Wildman–Crippen LogP) is 3.08. The fraction of sp³-hybridized carbons (Fsp3) is 0.591. The van der Waals surface area contributed by atoms with Crippen molar-refractivity contribution in [2.75, 3.05) is 39.3 Å². The van der Waals surface area contributed by atoms with Gasteiger partial charge in [-0.25, -0.2) is 0 Å². The van der Waals surface area contributed by atoms with Crippen molar-refractivity contribution in [3.8, 4) is 0 Å². The summed E-state index contributed by atoms with van der Waals surface area (Å²) in [6, 6.07) is 8.59. The van der Waals surface area contributed by atoms with Crippen LogP contribution in [0.1, 0.15) is 49.9 Å². The number of aromatic amines is 1. The fourth-order valence-corrected chi connectivity index (χ4v) is 4.56. The minimum absolute atomic E-state index is 0.105. The molecule has 1 amide bonds. The lowest BCUT2D eigenvalue weighted by atomic mass is 9.97. The molecule has 2 aliphatic heterocycles. The van der Waals surface area contributed by atoms with E-state index in [-0.39, 0.29) is 11.9 Å². The number of hydrogen-bond acceptors (Lipinski definition) is 3. The second-order valence-electron chi connectivity index (χ2n) is 7.95. The van der Waals surface area contributed by atoms with Crippen LogP contribution >= 0.6 is 0 Å².